The summed E-state index contributed by atoms with van der Waals surface area (Å²) in [6.45, 7) is 5.46. The molecule has 0 spiro atoms. The third-order valence-corrected chi connectivity index (χ3v) is 6.89. The zero-order valence-corrected chi connectivity index (χ0v) is 17.5. The van der Waals surface area contributed by atoms with Crippen LogP contribution in [-0.4, -0.2) is 39.6 Å². The van der Waals surface area contributed by atoms with E-state index in [1.165, 1.54) is 24.8 Å². The number of rotatable bonds is 9. The van der Waals surface area contributed by atoms with Gasteiger partial charge in [0.1, 0.15) is 0 Å². The molecule has 0 aliphatic carbocycles. The lowest BCUT2D eigenvalue weighted by Crippen LogP contribution is -2.42. The molecular weight excluding hydrogens is 370 g/mol. The van der Waals surface area contributed by atoms with Gasteiger partial charge in [0, 0.05) is 12.5 Å². The van der Waals surface area contributed by atoms with Crippen LogP contribution in [0.25, 0.3) is 0 Å². The summed E-state index contributed by atoms with van der Waals surface area (Å²) in [6.07, 6.45) is 4.68. The van der Waals surface area contributed by atoms with Crippen LogP contribution in [0.4, 0.5) is 0 Å². The standard InChI is InChI=1S/C23H31NO3S/c1-2-3-10-16-24-17-15-23(20-11-6-4-7-12-20)21(18-24)19-27-28(25,26)22-13-8-5-9-14-22/h4-9,11-14,21,23H,2-3,10,15-19H2,1H3. The molecule has 4 nitrogen and oxygen atoms in total. The number of benzene rings is 2. The minimum Gasteiger partial charge on any atom is -0.303 e. The molecule has 28 heavy (non-hydrogen) atoms. The minimum absolute atomic E-state index is 0.163. The molecule has 0 radical (unpaired) electrons. The number of hydrogen-bond donors (Lipinski definition) is 0. The van der Waals surface area contributed by atoms with Gasteiger partial charge in [0.25, 0.3) is 10.1 Å². The second-order valence-corrected chi connectivity index (χ2v) is 9.24. The van der Waals surface area contributed by atoms with Gasteiger partial charge in [0.15, 0.2) is 0 Å². The van der Waals surface area contributed by atoms with Crippen molar-refractivity contribution in [3.63, 3.8) is 0 Å². The van der Waals surface area contributed by atoms with E-state index in [2.05, 4.69) is 36.1 Å². The molecule has 1 heterocycles. The first-order valence-electron chi connectivity index (χ1n) is 10.3. The van der Waals surface area contributed by atoms with Gasteiger partial charge in [-0.15, -0.1) is 0 Å². The summed E-state index contributed by atoms with van der Waals surface area (Å²) < 4.78 is 30.7. The quantitative estimate of drug-likeness (QED) is 0.452. The van der Waals surface area contributed by atoms with Crippen molar-refractivity contribution in [1.82, 2.24) is 4.90 Å². The van der Waals surface area contributed by atoms with E-state index in [4.69, 9.17) is 4.18 Å². The Labute approximate surface area is 169 Å². The molecule has 2 aromatic carbocycles. The first-order valence-corrected chi connectivity index (χ1v) is 11.7. The van der Waals surface area contributed by atoms with Crippen LogP contribution < -0.4 is 0 Å². The maximum atomic E-state index is 12.6. The smallest absolute Gasteiger partial charge is 0.296 e. The Hall–Kier alpha value is -1.69. The molecule has 1 aliphatic heterocycles. The largest absolute Gasteiger partial charge is 0.303 e. The van der Waals surface area contributed by atoms with Crippen LogP contribution in [0.15, 0.2) is 65.6 Å². The van der Waals surface area contributed by atoms with Crippen molar-refractivity contribution in [3.8, 4) is 0 Å². The van der Waals surface area contributed by atoms with E-state index in [1.807, 2.05) is 6.07 Å². The van der Waals surface area contributed by atoms with E-state index >= 15 is 0 Å². The van der Waals surface area contributed by atoms with E-state index in [1.54, 1.807) is 30.3 Å². The molecule has 152 valence electrons. The Morgan fingerprint density at radius 3 is 2.36 bits per heavy atom. The van der Waals surface area contributed by atoms with Gasteiger partial charge in [0.2, 0.25) is 0 Å². The van der Waals surface area contributed by atoms with Crippen LogP contribution in [0.1, 0.15) is 44.1 Å². The molecule has 1 aliphatic rings. The fourth-order valence-corrected chi connectivity index (χ4v) is 5.02. The Balaban J connectivity index is 1.70. The Morgan fingerprint density at radius 1 is 1.00 bits per heavy atom. The van der Waals surface area contributed by atoms with Crippen LogP contribution in [0.5, 0.6) is 0 Å². The first-order chi connectivity index (χ1) is 13.6. The van der Waals surface area contributed by atoms with Gasteiger partial charge >= 0.3 is 0 Å². The van der Waals surface area contributed by atoms with Crippen molar-refractivity contribution in [3.05, 3.63) is 66.2 Å². The lowest BCUT2D eigenvalue weighted by molar-refractivity contribution is 0.112. The normalized spacial score (nSPS) is 20.9. The molecule has 2 unspecified atom stereocenters. The highest BCUT2D eigenvalue weighted by Crippen LogP contribution is 2.34. The van der Waals surface area contributed by atoms with Gasteiger partial charge < -0.3 is 4.90 Å². The third-order valence-electron chi connectivity index (χ3n) is 5.59. The molecule has 2 aromatic rings. The molecule has 0 amide bonds. The zero-order chi connectivity index (χ0) is 19.8. The van der Waals surface area contributed by atoms with Gasteiger partial charge in [-0.05, 0) is 49.5 Å². The average Bonchev–Trinajstić information content (AvgIpc) is 2.74. The highest BCUT2D eigenvalue weighted by molar-refractivity contribution is 7.86. The van der Waals surface area contributed by atoms with Crippen molar-refractivity contribution in [2.45, 2.75) is 43.4 Å². The fourth-order valence-electron chi connectivity index (χ4n) is 4.04. The van der Waals surface area contributed by atoms with E-state index in [-0.39, 0.29) is 17.4 Å². The van der Waals surface area contributed by atoms with Crippen LogP contribution in [0.2, 0.25) is 0 Å². The molecule has 3 rings (SSSR count). The maximum absolute atomic E-state index is 12.6. The van der Waals surface area contributed by atoms with Crippen LogP contribution in [0.3, 0.4) is 0 Å². The second-order valence-electron chi connectivity index (χ2n) is 7.63. The summed E-state index contributed by atoms with van der Waals surface area (Å²) in [4.78, 5) is 2.69. The monoisotopic (exact) mass is 401 g/mol. The van der Waals surface area contributed by atoms with Gasteiger partial charge in [-0.2, -0.15) is 8.42 Å². The van der Waals surface area contributed by atoms with Crippen molar-refractivity contribution in [1.29, 1.82) is 0 Å². The zero-order valence-electron chi connectivity index (χ0n) is 16.7. The Bertz CT molecular complexity index is 808. The SMILES string of the molecule is CCCCCN1CCC(c2ccccc2)C(COS(=O)(=O)c2ccccc2)C1. The van der Waals surface area contributed by atoms with Crippen molar-refractivity contribution in [2.75, 3.05) is 26.2 Å². The Morgan fingerprint density at radius 2 is 1.68 bits per heavy atom. The highest BCUT2D eigenvalue weighted by atomic mass is 32.2. The highest BCUT2D eigenvalue weighted by Gasteiger charge is 2.31. The third kappa shape index (κ3) is 5.66. The fraction of sp³-hybridized carbons (Fsp3) is 0.478. The summed E-state index contributed by atoms with van der Waals surface area (Å²) in [5.41, 5.74) is 1.28. The van der Waals surface area contributed by atoms with Gasteiger partial charge in [-0.3, -0.25) is 4.18 Å². The Kier molecular flexibility index (Phi) is 7.65. The van der Waals surface area contributed by atoms with Crippen molar-refractivity contribution >= 4 is 10.1 Å². The van der Waals surface area contributed by atoms with Crippen molar-refractivity contribution in [2.24, 2.45) is 5.92 Å². The summed E-state index contributed by atoms with van der Waals surface area (Å²) in [5, 5.41) is 0. The topological polar surface area (TPSA) is 46.6 Å². The number of unbranched alkanes of at least 4 members (excludes halogenated alkanes) is 2. The lowest BCUT2D eigenvalue weighted by Gasteiger charge is -2.38. The molecule has 5 heteroatoms. The van der Waals surface area contributed by atoms with Crippen LogP contribution >= 0.6 is 0 Å². The molecule has 1 fully saturated rings. The summed E-state index contributed by atoms with van der Waals surface area (Å²) >= 11 is 0. The number of piperidine rings is 1. The minimum atomic E-state index is -3.72. The van der Waals surface area contributed by atoms with Gasteiger partial charge in [-0.1, -0.05) is 68.3 Å². The summed E-state index contributed by atoms with van der Waals surface area (Å²) in [7, 11) is -3.72. The van der Waals surface area contributed by atoms with Gasteiger partial charge in [-0.25, -0.2) is 0 Å². The second kappa shape index (κ2) is 10.2. The van der Waals surface area contributed by atoms with E-state index in [0.29, 0.717) is 5.92 Å². The summed E-state index contributed by atoms with van der Waals surface area (Å²) in [6, 6.07) is 18.9. The molecule has 2 atom stereocenters. The van der Waals surface area contributed by atoms with Crippen LogP contribution in [0, 0.1) is 5.92 Å². The molecular formula is C23H31NO3S. The van der Waals surface area contributed by atoms with E-state index < -0.39 is 10.1 Å². The molecule has 0 aromatic heterocycles. The molecule has 0 saturated carbocycles. The maximum Gasteiger partial charge on any atom is 0.296 e. The van der Waals surface area contributed by atoms with E-state index in [9.17, 15) is 8.42 Å². The predicted octanol–water partition coefficient (Wildman–Crippen LogP) is 4.69. The van der Waals surface area contributed by atoms with Crippen molar-refractivity contribution < 1.29 is 12.6 Å². The molecule has 0 bridgehead atoms. The summed E-state index contributed by atoms with van der Waals surface area (Å²) in [5.74, 6) is 0.492. The van der Waals surface area contributed by atoms with E-state index in [0.717, 1.165) is 26.1 Å². The average molecular weight is 402 g/mol. The predicted molar refractivity (Wildman–Crippen MR) is 113 cm³/mol. The number of likely N-dealkylation sites (tertiary alicyclic amines) is 1. The number of hydrogen-bond acceptors (Lipinski definition) is 4. The first kappa shape index (κ1) is 21.0. The molecule has 1 saturated heterocycles. The number of nitrogens with zero attached hydrogens (tertiary/aromatic N) is 1. The molecule has 0 N–H and O–H groups in total. The lowest BCUT2D eigenvalue weighted by atomic mass is 9.81. The van der Waals surface area contributed by atoms with Gasteiger partial charge in [0.05, 0.1) is 11.5 Å². The van der Waals surface area contributed by atoms with Crippen LogP contribution in [-0.2, 0) is 14.3 Å².